The predicted octanol–water partition coefficient (Wildman–Crippen LogP) is 6.15. The first-order chi connectivity index (χ1) is 14.4. The molecule has 0 N–H and O–H groups in total. The van der Waals surface area contributed by atoms with E-state index in [1.807, 2.05) is 32.2 Å². The van der Waals surface area contributed by atoms with Crippen molar-refractivity contribution in [3.8, 4) is 11.5 Å². The largest absolute Gasteiger partial charge is 0.493 e. The normalized spacial score (nSPS) is 10.9. The van der Waals surface area contributed by atoms with Crippen molar-refractivity contribution in [2.45, 2.75) is 20.5 Å². The van der Waals surface area contributed by atoms with Gasteiger partial charge in [0.2, 0.25) is 0 Å². The molecule has 0 saturated carbocycles. The number of aryl methyl sites for hydroxylation is 2. The highest BCUT2D eigenvalue weighted by molar-refractivity contribution is 14.1. The molecule has 0 spiro atoms. The summed E-state index contributed by atoms with van der Waals surface area (Å²) in [5.41, 5.74) is 5.00. The smallest absolute Gasteiger partial charge is 0.269 e. The fourth-order valence-corrected chi connectivity index (χ4v) is 3.61. The summed E-state index contributed by atoms with van der Waals surface area (Å²) in [7, 11) is 1.59. The number of nitrogens with zero attached hydrogens (tertiary/aromatic N) is 2. The monoisotopic (exact) mass is 516 g/mol. The summed E-state index contributed by atoms with van der Waals surface area (Å²) in [5.74, 6) is 1.23. The number of halogens is 1. The van der Waals surface area contributed by atoms with Gasteiger partial charge < -0.3 is 9.47 Å². The molecule has 0 aromatic heterocycles. The molecule has 0 heterocycles. The van der Waals surface area contributed by atoms with Gasteiger partial charge >= 0.3 is 0 Å². The van der Waals surface area contributed by atoms with E-state index in [1.165, 1.54) is 12.1 Å². The summed E-state index contributed by atoms with van der Waals surface area (Å²) in [6.45, 7) is 4.35. The van der Waals surface area contributed by atoms with Gasteiger partial charge in [-0.15, -0.1) is 0 Å². The van der Waals surface area contributed by atoms with Gasteiger partial charge in [0, 0.05) is 18.3 Å². The highest BCUT2D eigenvalue weighted by atomic mass is 127. The van der Waals surface area contributed by atoms with Crippen LogP contribution in [0.2, 0.25) is 0 Å². The van der Waals surface area contributed by atoms with E-state index in [0.717, 1.165) is 31.5 Å². The molecule has 0 aliphatic carbocycles. The van der Waals surface area contributed by atoms with Gasteiger partial charge in [0.25, 0.3) is 5.69 Å². The lowest BCUT2D eigenvalue weighted by molar-refractivity contribution is -0.384. The molecule has 0 aliphatic rings. The van der Waals surface area contributed by atoms with Gasteiger partial charge in [0.15, 0.2) is 11.5 Å². The number of aliphatic imine (C=N–C) groups is 1. The molecule has 30 heavy (non-hydrogen) atoms. The van der Waals surface area contributed by atoms with Gasteiger partial charge in [0.1, 0.15) is 6.61 Å². The minimum absolute atomic E-state index is 0.0541. The molecule has 0 fully saturated rings. The van der Waals surface area contributed by atoms with Crippen molar-refractivity contribution in [3.05, 3.63) is 90.5 Å². The van der Waals surface area contributed by atoms with Crippen LogP contribution in [-0.2, 0) is 6.61 Å². The van der Waals surface area contributed by atoms with Gasteiger partial charge in [-0.2, -0.15) is 0 Å². The van der Waals surface area contributed by atoms with Crippen LogP contribution in [-0.4, -0.2) is 18.2 Å². The zero-order valence-corrected chi connectivity index (χ0v) is 19.0. The number of ether oxygens (including phenoxy) is 2. The minimum Gasteiger partial charge on any atom is -0.493 e. The van der Waals surface area contributed by atoms with Crippen molar-refractivity contribution in [1.29, 1.82) is 0 Å². The Morgan fingerprint density at radius 2 is 1.83 bits per heavy atom. The second kappa shape index (κ2) is 9.71. The number of rotatable bonds is 7. The second-order valence-corrected chi connectivity index (χ2v) is 7.96. The first kappa shape index (κ1) is 21.8. The van der Waals surface area contributed by atoms with E-state index in [4.69, 9.17) is 9.47 Å². The topological polar surface area (TPSA) is 74.0 Å². The van der Waals surface area contributed by atoms with Crippen molar-refractivity contribution in [2.75, 3.05) is 7.11 Å². The molecule has 0 amide bonds. The van der Waals surface area contributed by atoms with Crippen molar-refractivity contribution < 1.29 is 14.4 Å². The van der Waals surface area contributed by atoms with Crippen LogP contribution < -0.4 is 9.47 Å². The fraction of sp³-hybridized carbons (Fsp3) is 0.174. The lowest BCUT2D eigenvalue weighted by Gasteiger charge is -2.13. The van der Waals surface area contributed by atoms with Crippen molar-refractivity contribution in [1.82, 2.24) is 0 Å². The maximum Gasteiger partial charge on any atom is 0.269 e. The maximum absolute atomic E-state index is 10.8. The quantitative estimate of drug-likeness (QED) is 0.163. The van der Waals surface area contributed by atoms with E-state index in [-0.39, 0.29) is 12.3 Å². The Bertz CT molecular complexity index is 1100. The molecule has 0 bridgehead atoms. The fourth-order valence-electron chi connectivity index (χ4n) is 2.83. The van der Waals surface area contributed by atoms with E-state index < -0.39 is 4.92 Å². The molecule has 3 aromatic rings. The molecular formula is C23H21IN2O4. The van der Waals surface area contributed by atoms with Crippen molar-refractivity contribution in [2.24, 2.45) is 4.99 Å². The Hall–Kier alpha value is -2.94. The van der Waals surface area contributed by atoms with Crippen LogP contribution in [0.15, 0.2) is 59.6 Å². The molecule has 6 nitrogen and oxygen atoms in total. The highest BCUT2D eigenvalue weighted by Crippen LogP contribution is 2.34. The molecule has 154 valence electrons. The summed E-state index contributed by atoms with van der Waals surface area (Å²) in [6, 6.07) is 16.3. The summed E-state index contributed by atoms with van der Waals surface area (Å²) in [5, 5.41) is 10.8. The van der Waals surface area contributed by atoms with E-state index in [2.05, 4.69) is 45.8 Å². The molecule has 3 rings (SSSR count). The molecule has 0 radical (unpaired) electrons. The standard InChI is InChI=1S/C23H21IN2O4/c1-15-4-5-16(2)21(10-15)25-13-18-11-20(24)23(22(12-18)29-3)30-14-17-6-8-19(9-7-17)26(27)28/h4-13H,14H2,1-3H3. The summed E-state index contributed by atoms with van der Waals surface area (Å²) < 4.78 is 12.4. The second-order valence-electron chi connectivity index (χ2n) is 6.79. The van der Waals surface area contributed by atoms with Gasteiger partial charge in [-0.3, -0.25) is 15.1 Å². The number of methoxy groups -OCH3 is 1. The van der Waals surface area contributed by atoms with Crippen molar-refractivity contribution in [3.63, 3.8) is 0 Å². The lowest BCUT2D eigenvalue weighted by atomic mass is 10.1. The Balaban J connectivity index is 1.79. The molecule has 0 saturated heterocycles. The number of benzene rings is 3. The number of hydrogen-bond donors (Lipinski definition) is 0. The van der Waals surface area contributed by atoms with Crippen LogP contribution in [0.4, 0.5) is 11.4 Å². The van der Waals surface area contributed by atoms with E-state index in [0.29, 0.717) is 11.5 Å². The third-order valence-corrected chi connectivity index (χ3v) is 5.30. The Kier molecular flexibility index (Phi) is 7.04. The van der Waals surface area contributed by atoms with Crippen LogP contribution in [0.3, 0.4) is 0 Å². The van der Waals surface area contributed by atoms with E-state index >= 15 is 0 Å². The Labute approximate surface area is 188 Å². The van der Waals surface area contributed by atoms with Gasteiger partial charge in [0.05, 0.1) is 21.3 Å². The van der Waals surface area contributed by atoms with Crippen LogP contribution >= 0.6 is 22.6 Å². The summed E-state index contributed by atoms with van der Waals surface area (Å²) in [6.07, 6.45) is 1.81. The first-order valence-electron chi connectivity index (χ1n) is 9.22. The van der Waals surface area contributed by atoms with Crippen LogP contribution in [0.25, 0.3) is 0 Å². The molecule has 0 aliphatic heterocycles. The Morgan fingerprint density at radius 3 is 2.50 bits per heavy atom. The van der Waals surface area contributed by atoms with Crippen LogP contribution in [0.5, 0.6) is 11.5 Å². The highest BCUT2D eigenvalue weighted by Gasteiger charge is 2.12. The molecule has 0 unspecified atom stereocenters. The Morgan fingerprint density at radius 1 is 1.10 bits per heavy atom. The van der Waals surface area contributed by atoms with Crippen LogP contribution in [0, 0.1) is 27.5 Å². The zero-order chi connectivity index (χ0) is 21.7. The number of nitro groups is 1. The minimum atomic E-state index is -0.421. The summed E-state index contributed by atoms with van der Waals surface area (Å²) in [4.78, 5) is 15.0. The third kappa shape index (κ3) is 5.35. The van der Waals surface area contributed by atoms with Gasteiger partial charge in [-0.1, -0.05) is 12.1 Å². The third-order valence-electron chi connectivity index (χ3n) is 4.50. The average molecular weight is 516 g/mol. The zero-order valence-electron chi connectivity index (χ0n) is 16.9. The first-order valence-corrected chi connectivity index (χ1v) is 10.3. The summed E-state index contributed by atoms with van der Waals surface area (Å²) >= 11 is 2.20. The molecule has 7 heteroatoms. The van der Waals surface area contributed by atoms with Gasteiger partial charge in [-0.05, 0) is 89.0 Å². The molecular weight excluding hydrogens is 495 g/mol. The average Bonchev–Trinajstić information content (AvgIpc) is 2.73. The van der Waals surface area contributed by atoms with Crippen LogP contribution in [0.1, 0.15) is 22.3 Å². The van der Waals surface area contributed by atoms with Crippen molar-refractivity contribution >= 4 is 40.2 Å². The molecule has 0 atom stereocenters. The SMILES string of the molecule is COc1cc(C=Nc2cc(C)ccc2C)cc(I)c1OCc1ccc([N+](=O)[O-])cc1. The number of non-ortho nitro benzene ring substituents is 1. The number of nitro benzene ring substituents is 1. The predicted molar refractivity (Wildman–Crippen MR) is 126 cm³/mol. The number of hydrogen-bond acceptors (Lipinski definition) is 5. The maximum atomic E-state index is 10.8. The lowest BCUT2D eigenvalue weighted by Crippen LogP contribution is -2.01. The van der Waals surface area contributed by atoms with E-state index in [1.54, 1.807) is 19.2 Å². The molecule has 3 aromatic carbocycles. The van der Waals surface area contributed by atoms with E-state index in [9.17, 15) is 10.1 Å². The van der Waals surface area contributed by atoms with Gasteiger partial charge in [-0.25, -0.2) is 0 Å².